The normalized spacial score (nSPS) is 11.3. The van der Waals surface area contributed by atoms with Crippen molar-refractivity contribution < 1.29 is 4.79 Å². The van der Waals surface area contributed by atoms with E-state index in [9.17, 15) is 4.79 Å². The molecule has 0 bridgehead atoms. The van der Waals surface area contributed by atoms with Gasteiger partial charge in [0.05, 0.1) is 27.7 Å². The Bertz CT molecular complexity index is 836. The molecule has 0 aliphatic rings. The van der Waals surface area contributed by atoms with Gasteiger partial charge in [-0.2, -0.15) is 5.10 Å². The van der Waals surface area contributed by atoms with Crippen LogP contribution in [-0.4, -0.2) is 27.2 Å². The van der Waals surface area contributed by atoms with E-state index < -0.39 is 0 Å². The lowest BCUT2D eigenvalue weighted by atomic mass is 10.1. The Morgan fingerprint density at radius 3 is 2.92 bits per heavy atom. The molecule has 24 heavy (non-hydrogen) atoms. The summed E-state index contributed by atoms with van der Waals surface area (Å²) in [6.07, 6.45) is 2.70. The summed E-state index contributed by atoms with van der Waals surface area (Å²) in [7, 11) is 0. The monoisotopic (exact) mass is 342 g/mol. The zero-order chi connectivity index (χ0) is 17.1. The number of aromatic nitrogens is 3. The second-order valence-electron chi connectivity index (χ2n) is 6.17. The summed E-state index contributed by atoms with van der Waals surface area (Å²) in [6.45, 7) is 7.72. The van der Waals surface area contributed by atoms with Crippen LogP contribution in [0.3, 0.4) is 0 Å². The molecule has 1 N–H and O–H groups in total. The highest BCUT2D eigenvalue weighted by molar-refractivity contribution is 7.13. The van der Waals surface area contributed by atoms with E-state index in [4.69, 9.17) is 4.98 Å². The molecule has 0 aliphatic heterocycles. The lowest BCUT2D eigenvalue weighted by Crippen LogP contribution is -2.25. The number of fused-ring (bicyclic) bond motifs is 1. The molecule has 126 valence electrons. The number of hydrogen-bond donors (Lipinski definition) is 1. The summed E-state index contributed by atoms with van der Waals surface area (Å²) in [6, 6.07) is 5.89. The van der Waals surface area contributed by atoms with Crippen molar-refractivity contribution in [1.29, 1.82) is 0 Å². The summed E-state index contributed by atoms with van der Waals surface area (Å²) in [5, 5.41) is 10.2. The van der Waals surface area contributed by atoms with Crippen molar-refractivity contribution >= 4 is 28.3 Å². The van der Waals surface area contributed by atoms with Crippen molar-refractivity contribution in [2.75, 3.05) is 6.54 Å². The first-order chi connectivity index (χ1) is 11.6. The minimum atomic E-state index is -0.0588. The molecule has 5 nitrogen and oxygen atoms in total. The quantitative estimate of drug-likeness (QED) is 0.738. The standard InChI is InChI=1S/C18H22N4OS/c1-4-22-17-14(11-20-22)13(18(23)19-8-7-12(2)3)10-15(21-17)16-6-5-9-24-16/h5-6,9-12H,4,7-8H2,1-3H3,(H,19,23). The molecule has 0 aliphatic carbocycles. The van der Waals surface area contributed by atoms with Crippen molar-refractivity contribution in [3.63, 3.8) is 0 Å². The van der Waals surface area contributed by atoms with Crippen LogP contribution in [0.5, 0.6) is 0 Å². The van der Waals surface area contributed by atoms with Crippen LogP contribution in [0.1, 0.15) is 37.6 Å². The third-order valence-corrected chi connectivity index (χ3v) is 4.83. The number of pyridine rings is 1. The number of nitrogens with zero attached hydrogens (tertiary/aromatic N) is 3. The van der Waals surface area contributed by atoms with E-state index in [1.165, 1.54) is 0 Å². The summed E-state index contributed by atoms with van der Waals surface area (Å²) >= 11 is 1.62. The summed E-state index contributed by atoms with van der Waals surface area (Å²) in [4.78, 5) is 18.5. The number of hydrogen-bond acceptors (Lipinski definition) is 4. The Labute approximate surface area is 145 Å². The predicted molar refractivity (Wildman–Crippen MR) is 98.3 cm³/mol. The van der Waals surface area contributed by atoms with Crippen LogP contribution >= 0.6 is 11.3 Å². The van der Waals surface area contributed by atoms with Crippen LogP contribution in [-0.2, 0) is 6.54 Å². The molecule has 3 rings (SSSR count). The first-order valence-corrected chi connectivity index (χ1v) is 9.16. The highest BCUT2D eigenvalue weighted by Crippen LogP contribution is 2.27. The Kier molecular flexibility index (Phi) is 4.94. The van der Waals surface area contributed by atoms with Crippen molar-refractivity contribution in [1.82, 2.24) is 20.1 Å². The second kappa shape index (κ2) is 7.13. The van der Waals surface area contributed by atoms with E-state index in [1.807, 2.05) is 35.2 Å². The van der Waals surface area contributed by atoms with E-state index in [2.05, 4.69) is 24.3 Å². The Morgan fingerprint density at radius 2 is 2.25 bits per heavy atom. The number of rotatable bonds is 6. The van der Waals surface area contributed by atoms with Gasteiger partial charge in [-0.1, -0.05) is 19.9 Å². The fourth-order valence-corrected chi connectivity index (χ4v) is 3.27. The topological polar surface area (TPSA) is 59.8 Å². The van der Waals surface area contributed by atoms with E-state index in [-0.39, 0.29) is 5.91 Å². The van der Waals surface area contributed by atoms with Gasteiger partial charge in [0.1, 0.15) is 0 Å². The molecule has 6 heteroatoms. The largest absolute Gasteiger partial charge is 0.352 e. The van der Waals surface area contributed by atoms with Crippen molar-refractivity contribution in [2.24, 2.45) is 5.92 Å². The van der Waals surface area contributed by atoms with Gasteiger partial charge in [-0.15, -0.1) is 11.3 Å². The average Bonchev–Trinajstić information content (AvgIpc) is 3.22. The highest BCUT2D eigenvalue weighted by Gasteiger charge is 2.17. The second-order valence-corrected chi connectivity index (χ2v) is 7.12. The van der Waals surface area contributed by atoms with Crippen LogP contribution in [0, 0.1) is 5.92 Å². The van der Waals surface area contributed by atoms with Gasteiger partial charge in [-0.25, -0.2) is 9.67 Å². The van der Waals surface area contributed by atoms with Crippen LogP contribution < -0.4 is 5.32 Å². The molecule has 0 atom stereocenters. The van der Waals surface area contributed by atoms with E-state index >= 15 is 0 Å². The van der Waals surface area contributed by atoms with Gasteiger partial charge >= 0.3 is 0 Å². The van der Waals surface area contributed by atoms with Gasteiger partial charge in [0.15, 0.2) is 5.65 Å². The van der Waals surface area contributed by atoms with E-state index in [0.717, 1.165) is 34.6 Å². The molecule has 0 saturated heterocycles. The number of carbonyl (C=O) groups excluding carboxylic acids is 1. The number of carbonyl (C=O) groups is 1. The van der Waals surface area contributed by atoms with E-state index in [0.29, 0.717) is 18.0 Å². The maximum Gasteiger partial charge on any atom is 0.252 e. The molecule has 1 amide bonds. The lowest BCUT2D eigenvalue weighted by molar-refractivity contribution is 0.0953. The molecule has 0 fully saturated rings. The molecule has 3 heterocycles. The molecule has 3 aromatic rings. The first kappa shape index (κ1) is 16.6. The number of aryl methyl sites for hydroxylation is 1. The van der Waals surface area contributed by atoms with Crippen molar-refractivity contribution in [3.8, 4) is 10.6 Å². The van der Waals surface area contributed by atoms with Gasteiger partial charge < -0.3 is 5.32 Å². The smallest absolute Gasteiger partial charge is 0.252 e. The molecule has 0 aromatic carbocycles. The Morgan fingerprint density at radius 1 is 1.42 bits per heavy atom. The number of nitrogens with one attached hydrogen (secondary N) is 1. The van der Waals surface area contributed by atoms with Crippen LogP contribution in [0.15, 0.2) is 29.8 Å². The highest BCUT2D eigenvalue weighted by atomic mass is 32.1. The maximum absolute atomic E-state index is 12.7. The molecule has 3 aromatic heterocycles. The number of amides is 1. The zero-order valence-electron chi connectivity index (χ0n) is 14.2. The molecule has 0 spiro atoms. The number of thiophene rings is 1. The molecule has 0 radical (unpaired) electrons. The van der Waals surface area contributed by atoms with E-state index in [1.54, 1.807) is 17.5 Å². The third-order valence-electron chi connectivity index (χ3n) is 3.93. The minimum absolute atomic E-state index is 0.0588. The van der Waals surface area contributed by atoms with Crippen molar-refractivity contribution in [2.45, 2.75) is 33.7 Å². The van der Waals surface area contributed by atoms with Gasteiger partial charge in [0, 0.05) is 13.1 Å². The summed E-state index contributed by atoms with van der Waals surface area (Å²) in [5.74, 6) is 0.504. The molecular formula is C18H22N4OS. The SMILES string of the molecule is CCn1ncc2c(C(=O)NCCC(C)C)cc(-c3cccs3)nc21. The summed E-state index contributed by atoms with van der Waals surface area (Å²) < 4.78 is 1.83. The van der Waals surface area contributed by atoms with Gasteiger partial charge in [0.2, 0.25) is 0 Å². The average molecular weight is 342 g/mol. The van der Waals surface area contributed by atoms with Gasteiger partial charge in [-0.3, -0.25) is 4.79 Å². The fraction of sp³-hybridized carbons (Fsp3) is 0.389. The molecule has 0 saturated carbocycles. The van der Waals surface area contributed by atoms with Crippen molar-refractivity contribution in [3.05, 3.63) is 35.3 Å². The van der Waals surface area contributed by atoms with Crippen LogP contribution in [0.4, 0.5) is 0 Å². The van der Waals surface area contributed by atoms with Gasteiger partial charge in [-0.05, 0) is 36.8 Å². The first-order valence-electron chi connectivity index (χ1n) is 8.28. The predicted octanol–water partition coefficient (Wildman–Crippen LogP) is 3.96. The Balaban J connectivity index is 2.02. The molecule has 0 unspecified atom stereocenters. The minimum Gasteiger partial charge on any atom is -0.352 e. The lowest BCUT2D eigenvalue weighted by Gasteiger charge is -2.09. The Hall–Kier alpha value is -2.21. The third kappa shape index (κ3) is 3.33. The van der Waals surface area contributed by atoms with Crippen LogP contribution in [0.2, 0.25) is 0 Å². The zero-order valence-corrected chi connectivity index (χ0v) is 15.1. The van der Waals surface area contributed by atoms with Crippen LogP contribution in [0.25, 0.3) is 21.6 Å². The maximum atomic E-state index is 12.7. The summed E-state index contributed by atoms with van der Waals surface area (Å²) in [5.41, 5.74) is 2.23. The fourth-order valence-electron chi connectivity index (χ4n) is 2.59. The van der Waals surface area contributed by atoms with Gasteiger partial charge in [0.25, 0.3) is 5.91 Å². The molecular weight excluding hydrogens is 320 g/mol.